The lowest BCUT2D eigenvalue weighted by atomic mass is 9.74. The van der Waals surface area contributed by atoms with Crippen molar-refractivity contribution >= 4 is 5.91 Å². The molecule has 0 bridgehead atoms. The van der Waals surface area contributed by atoms with Gasteiger partial charge in [0.05, 0.1) is 13.2 Å². The molecule has 2 heterocycles. The van der Waals surface area contributed by atoms with Crippen LogP contribution in [0.1, 0.15) is 25.7 Å². The predicted molar refractivity (Wildman–Crippen MR) is 73.0 cm³/mol. The number of likely N-dealkylation sites (tertiary alicyclic amines) is 1. The van der Waals surface area contributed by atoms with E-state index in [9.17, 15) is 4.79 Å². The number of hydrogen-bond donors (Lipinski definition) is 1. The highest BCUT2D eigenvalue weighted by atomic mass is 16.5. The summed E-state index contributed by atoms with van der Waals surface area (Å²) < 4.78 is 10.2. The van der Waals surface area contributed by atoms with Crippen LogP contribution in [0.2, 0.25) is 0 Å². The Bertz CT molecular complexity index is 285. The predicted octanol–water partition coefficient (Wildman–Crippen LogP) is 0.642. The van der Waals surface area contributed by atoms with Crippen molar-refractivity contribution in [3.63, 3.8) is 0 Å². The molecule has 2 aliphatic rings. The number of rotatable bonds is 5. The first-order valence-electron chi connectivity index (χ1n) is 7.31. The van der Waals surface area contributed by atoms with Crippen molar-refractivity contribution in [2.24, 2.45) is 5.41 Å². The largest absolute Gasteiger partial charge is 0.382 e. The van der Waals surface area contributed by atoms with E-state index in [1.165, 1.54) is 19.3 Å². The molecule has 1 atom stereocenters. The normalized spacial score (nSPS) is 27.7. The number of ether oxygens (including phenoxy) is 2. The lowest BCUT2D eigenvalue weighted by molar-refractivity contribution is -0.140. The zero-order chi connectivity index (χ0) is 13.6. The van der Waals surface area contributed by atoms with Gasteiger partial charge in [-0.3, -0.25) is 4.79 Å². The molecule has 1 unspecified atom stereocenters. The van der Waals surface area contributed by atoms with Crippen LogP contribution in [0.5, 0.6) is 0 Å². The van der Waals surface area contributed by atoms with Crippen LogP contribution in [-0.4, -0.2) is 63.9 Å². The molecule has 0 aromatic rings. The van der Waals surface area contributed by atoms with Gasteiger partial charge in [0.2, 0.25) is 5.91 Å². The summed E-state index contributed by atoms with van der Waals surface area (Å²) in [6.45, 7) is 5.18. The minimum atomic E-state index is 0.126. The van der Waals surface area contributed by atoms with Crippen molar-refractivity contribution in [1.82, 2.24) is 10.2 Å². The number of amides is 1. The Morgan fingerprint density at radius 1 is 1.32 bits per heavy atom. The van der Waals surface area contributed by atoms with Crippen LogP contribution < -0.4 is 5.32 Å². The average molecular weight is 270 g/mol. The Morgan fingerprint density at radius 3 is 2.89 bits per heavy atom. The van der Waals surface area contributed by atoms with Crippen molar-refractivity contribution in [3.8, 4) is 0 Å². The van der Waals surface area contributed by atoms with Crippen LogP contribution in [0, 0.1) is 5.41 Å². The first-order chi connectivity index (χ1) is 9.26. The standard InChI is InChI=1S/C14H26N2O3/c1-18-8-9-19-10-13(17)16-7-3-5-14(12-16)4-2-6-15-11-14/h15H,2-12H2,1H3. The molecule has 0 aromatic carbocycles. The van der Waals surface area contributed by atoms with E-state index in [0.29, 0.717) is 18.6 Å². The summed E-state index contributed by atoms with van der Waals surface area (Å²) in [7, 11) is 1.63. The Hall–Kier alpha value is -0.650. The van der Waals surface area contributed by atoms with E-state index in [1.807, 2.05) is 4.90 Å². The maximum Gasteiger partial charge on any atom is 0.248 e. The number of nitrogens with one attached hydrogen (secondary N) is 1. The zero-order valence-electron chi connectivity index (χ0n) is 12.0. The molecule has 0 radical (unpaired) electrons. The van der Waals surface area contributed by atoms with Crippen LogP contribution in [0.3, 0.4) is 0 Å². The molecule has 1 spiro atoms. The van der Waals surface area contributed by atoms with Gasteiger partial charge in [-0.2, -0.15) is 0 Å². The van der Waals surface area contributed by atoms with Gasteiger partial charge in [-0.15, -0.1) is 0 Å². The zero-order valence-corrected chi connectivity index (χ0v) is 12.0. The van der Waals surface area contributed by atoms with Crippen LogP contribution in [-0.2, 0) is 14.3 Å². The molecule has 1 N–H and O–H groups in total. The van der Waals surface area contributed by atoms with Gasteiger partial charge < -0.3 is 19.7 Å². The molecular formula is C14H26N2O3. The molecule has 110 valence electrons. The minimum Gasteiger partial charge on any atom is -0.382 e. The van der Waals surface area contributed by atoms with Gasteiger partial charge in [-0.25, -0.2) is 0 Å². The van der Waals surface area contributed by atoms with Crippen LogP contribution in [0.25, 0.3) is 0 Å². The maximum absolute atomic E-state index is 12.1. The summed E-state index contributed by atoms with van der Waals surface area (Å²) in [5, 5.41) is 3.48. The van der Waals surface area contributed by atoms with E-state index >= 15 is 0 Å². The second-order valence-corrected chi connectivity index (χ2v) is 5.74. The molecular weight excluding hydrogens is 244 g/mol. The third kappa shape index (κ3) is 4.16. The fourth-order valence-corrected chi connectivity index (χ4v) is 3.19. The van der Waals surface area contributed by atoms with E-state index in [4.69, 9.17) is 9.47 Å². The number of piperidine rings is 2. The third-order valence-electron chi connectivity index (χ3n) is 4.23. The molecule has 0 aromatic heterocycles. The molecule has 2 rings (SSSR count). The molecule has 19 heavy (non-hydrogen) atoms. The monoisotopic (exact) mass is 270 g/mol. The van der Waals surface area contributed by atoms with E-state index in [0.717, 1.165) is 32.6 Å². The number of methoxy groups -OCH3 is 1. The number of hydrogen-bond acceptors (Lipinski definition) is 4. The molecule has 0 aliphatic carbocycles. The van der Waals surface area contributed by atoms with E-state index in [-0.39, 0.29) is 12.5 Å². The van der Waals surface area contributed by atoms with Gasteiger partial charge in [0, 0.05) is 32.2 Å². The topological polar surface area (TPSA) is 50.8 Å². The van der Waals surface area contributed by atoms with Gasteiger partial charge in [0.1, 0.15) is 6.61 Å². The highest BCUT2D eigenvalue weighted by Gasteiger charge is 2.37. The minimum absolute atomic E-state index is 0.126. The van der Waals surface area contributed by atoms with Crippen molar-refractivity contribution in [3.05, 3.63) is 0 Å². The fourth-order valence-electron chi connectivity index (χ4n) is 3.19. The van der Waals surface area contributed by atoms with E-state index in [2.05, 4.69) is 5.32 Å². The summed E-state index contributed by atoms with van der Waals surface area (Å²) in [6.07, 6.45) is 4.83. The number of nitrogens with zero attached hydrogens (tertiary/aromatic N) is 1. The molecule has 2 aliphatic heterocycles. The summed E-state index contributed by atoms with van der Waals surface area (Å²) in [5.74, 6) is 0.126. The molecule has 2 fully saturated rings. The first-order valence-corrected chi connectivity index (χ1v) is 7.31. The summed E-state index contributed by atoms with van der Waals surface area (Å²) in [6, 6.07) is 0. The lowest BCUT2D eigenvalue weighted by Crippen LogP contribution is -2.53. The highest BCUT2D eigenvalue weighted by molar-refractivity contribution is 5.77. The Balaban J connectivity index is 1.78. The van der Waals surface area contributed by atoms with E-state index < -0.39 is 0 Å². The molecule has 2 saturated heterocycles. The van der Waals surface area contributed by atoms with Gasteiger partial charge in [0.15, 0.2) is 0 Å². The number of carbonyl (C=O) groups excluding carboxylic acids is 1. The second-order valence-electron chi connectivity index (χ2n) is 5.74. The van der Waals surface area contributed by atoms with Crippen LogP contribution in [0.4, 0.5) is 0 Å². The summed E-state index contributed by atoms with van der Waals surface area (Å²) >= 11 is 0. The smallest absolute Gasteiger partial charge is 0.248 e. The van der Waals surface area contributed by atoms with Gasteiger partial charge >= 0.3 is 0 Å². The van der Waals surface area contributed by atoms with E-state index in [1.54, 1.807) is 7.11 Å². The molecule has 5 nitrogen and oxygen atoms in total. The molecule has 1 amide bonds. The van der Waals surface area contributed by atoms with Crippen molar-refractivity contribution in [2.45, 2.75) is 25.7 Å². The Labute approximate surface area is 115 Å². The quantitative estimate of drug-likeness (QED) is 0.745. The summed E-state index contributed by atoms with van der Waals surface area (Å²) in [4.78, 5) is 14.1. The summed E-state index contributed by atoms with van der Waals surface area (Å²) in [5.41, 5.74) is 0.318. The molecule has 0 saturated carbocycles. The van der Waals surface area contributed by atoms with Crippen molar-refractivity contribution < 1.29 is 14.3 Å². The van der Waals surface area contributed by atoms with Crippen molar-refractivity contribution in [2.75, 3.05) is 53.1 Å². The SMILES string of the molecule is COCCOCC(=O)N1CCCC2(CCCNC2)C1. The lowest BCUT2D eigenvalue weighted by Gasteiger charge is -2.45. The highest BCUT2D eigenvalue weighted by Crippen LogP contribution is 2.35. The van der Waals surface area contributed by atoms with Gasteiger partial charge in [-0.05, 0) is 32.2 Å². The fraction of sp³-hybridized carbons (Fsp3) is 0.929. The second kappa shape index (κ2) is 7.22. The van der Waals surface area contributed by atoms with Crippen LogP contribution in [0.15, 0.2) is 0 Å². The molecule has 5 heteroatoms. The third-order valence-corrected chi connectivity index (χ3v) is 4.23. The Morgan fingerprint density at radius 2 is 2.16 bits per heavy atom. The maximum atomic E-state index is 12.1. The first kappa shape index (κ1) is 14.8. The van der Waals surface area contributed by atoms with Crippen LogP contribution >= 0.6 is 0 Å². The Kier molecular flexibility index (Phi) is 5.60. The van der Waals surface area contributed by atoms with Gasteiger partial charge in [-0.1, -0.05) is 0 Å². The average Bonchev–Trinajstić information content (AvgIpc) is 2.44. The van der Waals surface area contributed by atoms with Gasteiger partial charge in [0.25, 0.3) is 0 Å². The number of carbonyl (C=O) groups is 1. The van der Waals surface area contributed by atoms with Crippen molar-refractivity contribution in [1.29, 1.82) is 0 Å².